The van der Waals surface area contributed by atoms with E-state index in [4.69, 9.17) is 4.74 Å². The molecule has 6 nitrogen and oxygen atoms in total. The fraction of sp³-hybridized carbons (Fsp3) is 0.261. The summed E-state index contributed by atoms with van der Waals surface area (Å²) in [6.45, 7) is 1.10. The standard InChI is InChI=1S/C23H18F4N4O2/c24-18-19(12-5-7-33-8-6-12)29-11-17-20(18)31-22(30-17)16-9-13(10-28-16)21(32)14-3-1-2-4-15(14)23(25,26)27/h1-4,9-12,28H,5-8H2,(H,30,31). The molecule has 170 valence electrons. The van der Waals surface area contributed by atoms with Gasteiger partial charge in [0, 0.05) is 36.5 Å². The van der Waals surface area contributed by atoms with Crippen molar-refractivity contribution < 1.29 is 27.1 Å². The summed E-state index contributed by atoms with van der Waals surface area (Å²) in [5, 5.41) is 0. The summed E-state index contributed by atoms with van der Waals surface area (Å²) in [7, 11) is 0. The first-order valence-corrected chi connectivity index (χ1v) is 10.3. The monoisotopic (exact) mass is 458 g/mol. The molecule has 1 aliphatic heterocycles. The van der Waals surface area contributed by atoms with E-state index in [0.717, 1.165) is 12.1 Å². The van der Waals surface area contributed by atoms with Crippen LogP contribution >= 0.6 is 0 Å². The van der Waals surface area contributed by atoms with Gasteiger partial charge in [-0.3, -0.25) is 9.78 Å². The van der Waals surface area contributed by atoms with Gasteiger partial charge < -0.3 is 14.7 Å². The number of pyridine rings is 1. The first kappa shape index (κ1) is 21.3. The molecule has 3 aromatic heterocycles. The Morgan fingerprint density at radius 1 is 1.15 bits per heavy atom. The van der Waals surface area contributed by atoms with Gasteiger partial charge in [-0.25, -0.2) is 9.37 Å². The van der Waals surface area contributed by atoms with E-state index in [2.05, 4.69) is 19.9 Å². The van der Waals surface area contributed by atoms with Gasteiger partial charge in [0.1, 0.15) is 5.52 Å². The summed E-state index contributed by atoms with van der Waals surface area (Å²) in [6, 6.07) is 6.00. The lowest BCUT2D eigenvalue weighted by atomic mass is 9.95. The highest BCUT2D eigenvalue weighted by Crippen LogP contribution is 2.34. The van der Waals surface area contributed by atoms with Gasteiger partial charge in [-0.15, -0.1) is 0 Å². The zero-order valence-electron chi connectivity index (χ0n) is 17.2. The quantitative estimate of drug-likeness (QED) is 0.324. The van der Waals surface area contributed by atoms with Crippen molar-refractivity contribution in [3.8, 4) is 11.5 Å². The number of aromatic nitrogens is 4. The number of aromatic amines is 2. The van der Waals surface area contributed by atoms with Gasteiger partial charge in [0.05, 0.1) is 28.7 Å². The van der Waals surface area contributed by atoms with Gasteiger partial charge in [-0.1, -0.05) is 18.2 Å². The van der Waals surface area contributed by atoms with Gasteiger partial charge in [-0.2, -0.15) is 13.2 Å². The number of benzene rings is 1. The summed E-state index contributed by atoms with van der Waals surface area (Å²) in [6.07, 6.45) is -0.492. The number of H-pyrrole nitrogens is 2. The lowest BCUT2D eigenvalue weighted by molar-refractivity contribution is -0.137. The molecule has 0 unspecified atom stereocenters. The minimum Gasteiger partial charge on any atom is -0.381 e. The Bertz CT molecular complexity index is 1340. The van der Waals surface area contributed by atoms with E-state index in [1.165, 1.54) is 30.6 Å². The molecular weight excluding hydrogens is 440 g/mol. The van der Waals surface area contributed by atoms with Crippen LogP contribution in [0.5, 0.6) is 0 Å². The van der Waals surface area contributed by atoms with Crippen molar-refractivity contribution in [2.75, 3.05) is 13.2 Å². The van der Waals surface area contributed by atoms with Crippen molar-refractivity contribution in [1.29, 1.82) is 0 Å². The Labute approximate surface area is 185 Å². The SMILES string of the molecule is O=C(c1c[nH]c(-c2nc3c(F)c(C4CCOCC4)ncc3[nH]2)c1)c1ccccc1C(F)(F)F. The number of alkyl halides is 3. The van der Waals surface area contributed by atoms with E-state index >= 15 is 4.39 Å². The lowest BCUT2D eigenvalue weighted by Gasteiger charge is -2.21. The molecule has 0 spiro atoms. The number of ether oxygens (including phenoxy) is 1. The van der Waals surface area contributed by atoms with Crippen LogP contribution in [-0.2, 0) is 10.9 Å². The highest BCUT2D eigenvalue weighted by molar-refractivity contribution is 6.10. The molecular formula is C23H18F4N4O2. The fourth-order valence-electron chi connectivity index (χ4n) is 4.09. The minimum atomic E-state index is -4.66. The molecule has 4 aromatic rings. The second-order valence-electron chi connectivity index (χ2n) is 7.87. The molecule has 1 fully saturated rings. The van der Waals surface area contributed by atoms with E-state index in [-0.39, 0.29) is 22.8 Å². The number of carbonyl (C=O) groups excluding carboxylic acids is 1. The largest absolute Gasteiger partial charge is 0.417 e. The maximum absolute atomic E-state index is 15.1. The highest BCUT2D eigenvalue weighted by atomic mass is 19.4. The van der Waals surface area contributed by atoms with Crippen molar-refractivity contribution in [3.63, 3.8) is 0 Å². The van der Waals surface area contributed by atoms with Crippen LogP contribution in [0, 0.1) is 5.82 Å². The number of hydrogen-bond donors (Lipinski definition) is 2. The third-order valence-corrected chi connectivity index (χ3v) is 5.78. The molecule has 0 amide bonds. The van der Waals surface area contributed by atoms with Crippen molar-refractivity contribution in [2.45, 2.75) is 24.9 Å². The number of rotatable bonds is 4. The molecule has 10 heteroatoms. The number of hydrogen-bond acceptors (Lipinski definition) is 4. The van der Waals surface area contributed by atoms with Crippen LogP contribution in [0.2, 0.25) is 0 Å². The minimum absolute atomic E-state index is 0.0312. The zero-order chi connectivity index (χ0) is 23.2. The fourth-order valence-corrected chi connectivity index (χ4v) is 4.09. The first-order valence-electron chi connectivity index (χ1n) is 10.3. The molecule has 33 heavy (non-hydrogen) atoms. The molecule has 1 aromatic carbocycles. The lowest BCUT2D eigenvalue weighted by Crippen LogP contribution is -2.16. The molecule has 2 N–H and O–H groups in total. The van der Waals surface area contributed by atoms with Gasteiger partial charge in [-0.05, 0) is 25.0 Å². The first-order chi connectivity index (χ1) is 15.8. The predicted octanol–water partition coefficient (Wildman–Crippen LogP) is 5.24. The van der Waals surface area contributed by atoms with Crippen LogP contribution in [-0.4, -0.2) is 38.9 Å². The van der Waals surface area contributed by atoms with Crippen LogP contribution in [0.4, 0.5) is 17.6 Å². The number of ketones is 1. The maximum Gasteiger partial charge on any atom is 0.417 e. The van der Waals surface area contributed by atoms with E-state index in [1.54, 1.807) is 0 Å². The number of nitrogens with zero attached hydrogens (tertiary/aromatic N) is 2. The Balaban J connectivity index is 1.47. The Morgan fingerprint density at radius 3 is 2.67 bits per heavy atom. The Morgan fingerprint density at radius 2 is 1.91 bits per heavy atom. The molecule has 5 rings (SSSR count). The highest BCUT2D eigenvalue weighted by Gasteiger charge is 2.35. The topological polar surface area (TPSA) is 83.7 Å². The van der Waals surface area contributed by atoms with E-state index in [9.17, 15) is 18.0 Å². The molecule has 1 saturated heterocycles. The molecule has 0 atom stereocenters. The van der Waals surface area contributed by atoms with Crippen molar-refractivity contribution in [1.82, 2.24) is 19.9 Å². The Hall–Kier alpha value is -3.53. The van der Waals surface area contributed by atoms with Gasteiger partial charge in [0.25, 0.3) is 0 Å². The average molecular weight is 458 g/mol. The van der Waals surface area contributed by atoms with Crippen molar-refractivity contribution >= 4 is 16.8 Å². The summed E-state index contributed by atoms with van der Waals surface area (Å²) < 4.78 is 60.3. The summed E-state index contributed by atoms with van der Waals surface area (Å²) in [4.78, 5) is 27.1. The normalized spacial score (nSPS) is 15.3. The van der Waals surface area contributed by atoms with Crippen molar-refractivity contribution in [2.24, 2.45) is 0 Å². The molecule has 0 bridgehead atoms. The summed E-state index contributed by atoms with van der Waals surface area (Å²) in [5.74, 6) is -1.09. The van der Waals surface area contributed by atoms with E-state index in [0.29, 0.717) is 43.0 Å². The molecule has 0 radical (unpaired) electrons. The Kier molecular flexibility index (Phi) is 5.24. The van der Waals surface area contributed by atoms with E-state index in [1.807, 2.05) is 0 Å². The van der Waals surface area contributed by atoms with Crippen LogP contribution < -0.4 is 0 Å². The second kappa shape index (κ2) is 8.11. The second-order valence-corrected chi connectivity index (χ2v) is 7.87. The summed E-state index contributed by atoms with van der Waals surface area (Å²) >= 11 is 0. The van der Waals surface area contributed by atoms with Crippen LogP contribution in [0.25, 0.3) is 22.6 Å². The predicted molar refractivity (Wildman–Crippen MR) is 111 cm³/mol. The number of imidazole rings is 1. The number of carbonyl (C=O) groups is 1. The zero-order valence-corrected chi connectivity index (χ0v) is 17.2. The summed E-state index contributed by atoms with van der Waals surface area (Å²) in [5.41, 5.74) is -0.244. The molecule has 0 aliphatic carbocycles. The van der Waals surface area contributed by atoms with Gasteiger partial charge in [0.2, 0.25) is 0 Å². The maximum atomic E-state index is 15.1. The average Bonchev–Trinajstić information content (AvgIpc) is 3.47. The van der Waals surface area contributed by atoms with Crippen LogP contribution in [0.3, 0.4) is 0 Å². The third-order valence-electron chi connectivity index (χ3n) is 5.78. The third kappa shape index (κ3) is 3.91. The van der Waals surface area contributed by atoms with Gasteiger partial charge >= 0.3 is 6.18 Å². The van der Waals surface area contributed by atoms with Crippen LogP contribution in [0.15, 0.2) is 42.7 Å². The van der Waals surface area contributed by atoms with Gasteiger partial charge in [0.15, 0.2) is 17.4 Å². The number of fused-ring (bicyclic) bond motifs is 1. The van der Waals surface area contributed by atoms with E-state index < -0.39 is 28.9 Å². The molecule has 4 heterocycles. The molecule has 1 aliphatic rings. The van der Waals surface area contributed by atoms with Crippen molar-refractivity contribution in [3.05, 3.63) is 70.9 Å². The number of nitrogens with one attached hydrogen (secondary N) is 2. The smallest absolute Gasteiger partial charge is 0.381 e. The molecule has 0 saturated carbocycles. The number of halogens is 4. The van der Waals surface area contributed by atoms with Crippen LogP contribution in [0.1, 0.15) is 45.9 Å².